The molecule has 1 aromatic carbocycles. The van der Waals surface area contributed by atoms with Gasteiger partial charge in [0.05, 0.1) is 13.4 Å². The number of rotatable bonds is 8. The first-order valence-electron chi connectivity index (χ1n) is 9.87. The van der Waals surface area contributed by atoms with Gasteiger partial charge in [0.15, 0.2) is 11.5 Å². The minimum Gasteiger partial charge on any atom is -0.493 e. The summed E-state index contributed by atoms with van der Waals surface area (Å²) in [6.07, 6.45) is 7.39. The van der Waals surface area contributed by atoms with Gasteiger partial charge in [0.1, 0.15) is 0 Å². The molecule has 1 fully saturated rings. The Labute approximate surface area is 168 Å². The fourth-order valence-corrected chi connectivity index (χ4v) is 3.85. The molecule has 8 heteroatoms. The van der Waals surface area contributed by atoms with Crippen LogP contribution >= 0.6 is 0 Å². The molecule has 1 aliphatic rings. The molecule has 1 saturated carbocycles. The van der Waals surface area contributed by atoms with Crippen molar-refractivity contribution in [2.24, 2.45) is 0 Å². The van der Waals surface area contributed by atoms with Crippen molar-refractivity contribution < 1.29 is 22.1 Å². The van der Waals surface area contributed by atoms with E-state index < -0.39 is 10.1 Å². The Balaban J connectivity index is 2.18. The van der Waals surface area contributed by atoms with Gasteiger partial charge in [0.25, 0.3) is 0 Å². The molecule has 0 unspecified atom stereocenters. The Kier molecular flexibility index (Phi) is 7.98. The first kappa shape index (κ1) is 22.3. The van der Waals surface area contributed by atoms with Gasteiger partial charge in [0, 0.05) is 18.6 Å². The van der Waals surface area contributed by atoms with Crippen LogP contribution in [0.25, 0.3) is 0 Å². The zero-order chi connectivity index (χ0) is 20.7. The highest BCUT2D eigenvalue weighted by atomic mass is 32.2. The third-order valence-corrected chi connectivity index (χ3v) is 5.62. The van der Waals surface area contributed by atoms with Crippen molar-refractivity contribution in [3.63, 3.8) is 0 Å². The first-order valence-corrected chi connectivity index (χ1v) is 11.7. The maximum absolute atomic E-state index is 12.9. The second-order valence-electron chi connectivity index (χ2n) is 7.44. The SMILES string of the molecule is CC[C@H](C)N(Cc1ccc(OC)c(OS(C)(=O)=O)c1)C(=O)NC1CCCCC1. The summed E-state index contributed by atoms with van der Waals surface area (Å²) in [5, 5.41) is 3.17. The summed E-state index contributed by atoms with van der Waals surface area (Å²) in [5.74, 6) is 0.454. The lowest BCUT2D eigenvalue weighted by Gasteiger charge is -2.32. The molecule has 1 N–H and O–H groups in total. The van der Waals surface area contributed by atoms with Crippen molar-refractivity contribution in [2.75, 3.05) is 13.4 Å². The average molecular weight is 413 g/mol. The zero-order valence-corrected chi connectivity index (χ0v) is 18.0. The van der Waals surface area contributed by atoms with E-state index in [0.717, 1.165) is 43.9 Å². The quantitative estimate of drug-likeness (QED) is 0.659. The molecule has 0 heterocycles. The Hall–Kier alpha value is -1.96. The van der Waals surface area contributed by atoms with Gasteiger partial charge in [-0.15, -0.1) is 0 Å². The largest absolute Gasteiger partial charge is 0.493 e. The number of nitrogens with one attached hydrogen (secondary N) is 1. The number of hydrogen-bond acceptors (Lipinski definition) is 5. The van der Waals surface area contributed by atoms with Gasteiger partial charge >= 0.3 is 16.1 Å². The second kappa shape index (κ2) is 10.0. The summed E-state index contributed by atoms with van der Waals surface area (Å²) >= 11 is 0. The molecular weight excluding hydrogens is 380 g/mol. The Morgan fingerprint density at radius 1 is 1.25 bits per heavy atom. The molecule has 0 bridgehead atoms. The fraction of sp³-hybridized carbons (Fsp3) is 0.650. The molecule has 2 rings (SSSR count). The summed E-state index contributed by atoms with van der Waals surface area (Å²) in [5.41, 5.74) is 0.776. The van der Waals surface area contributed by atoms with Crippen molar-refractivity contribution in [3.8, 4) is 11.5 Å². The predicted octanol–water partition coefficient (Wildman–Crippen LogP) is 3.68. The maximum Gasteiger partial charge on any atom is 0.318 e. The number of urea groups is 1. The lowest BCUT2D eigenvalue weighted by Crippen LogP contribution is -2.48. The lowest BCUT2D eigenvalue weighted by atomic mass is 9.96. The molecule has 28 heavy (non-hydrogen) atoms. The van der Waals surface area contributed by atoms with E-state index in [9.17, 15) is 13.2 Å². The van der Waals surface area contributed by atoms with E-state index in [4.69, 9.17) is 8.92 Å². The van der Waals surface area contributed by atoms with Crippen LogP contribution in [0.15, 0.2) is 18.2 Å². The fourth-order valence-electron chi connectivity index (χ4n) is 3.40. The molecule has 0 spiro atoms. The monoisotopic (exact) mass is 412 g/mol. The van der Waals surface area contributed by atoms with Crippen LogP contribution in [-0.4, -0.2) is 44.8 Å². The van der Waals surface area contributed by atoms with Gasteiger partial charge in [-0.25, -0.2) is 4.79 Å². The van der Waals surface area contributed by atoms with Crippen LogP contribution in [-0.2, 0) is 16.7 Å². The number of methoxy groups -OCH3 is 1. The second-order valence-corrected chi connectivity index (χ2v) is 9.02. The van der Waals surface area contributed by atoms with Gasteiger partial charge in [-0.1, -0.05) is 32.3 Å². The molecule has 2 amide bonds. The summed E-state index contributed by atoms with van der Waals surface area (Å²) < 4.78 is 33.3. The number of hydrogen-bond donors (Lipinski definition) is 1. The number of nitrogens with zero attached hydrogens (tertiary/aromatic N) is 1. The first-order chi connectivity index (χ1) is 13.2. The third kappa shape index (κ3) is 6.58. The van der Waals surface area contributed by atoms with E-state index in [1.807, 2.05) is 19.9 Å². The van der Waals surface area contributed by atoms with Gasteiger partial charge in [-0.3, -0.25) is 0 Å². The van der Waals surface area contributed by atoms with Crippen molar-refractivity contribution in [1.29, 1.82) is 0 Å². The summed E-state index contributed by atoms with van der Waals surface area (Å²) in [6.45, 7) is 4.41. The number of carbonyl (C=O) groups excluding carboxylic acids is 1. The van der Waals surface area contributed by atoms with Crippen LogP contribution in [0.3, 0.4) is 0 Å². The molecule has 0 aromatic heterocycles. The zero-order valence-electron chi connectivity index (χ0n) is 17.2. The molecule has 0 aliphatic heterocycles. The summed E-state index contributed by atoms with van der Waals surface area (Å²) in [7, 11) is -2.23. The predicted molar refractivity (Wildman–Crippen MR) is 109 cm³/mol. The van der Waals surface area contributed by atoms with Gasteiger partial charge in [0.2, 0.25) is 0 Å². The molecule has 1 aliphatic carbocycles. The van der Waals surface area contributed by atoms with E-state index in [0.29, 0.717) is 12.3 Å². The number of benzene rings is 1. The normalized spacial score (nSPS) is 16.3. The molecule has 158 valence electrons. The highest BCUT2D eigenvalue weighted by Gasteiger charge is 2.24. The highest BCUT2D eigenvalue weighted by Crippen LogP contribution is 2.30. The van der Waals surface area contributed by atoms with Gasteiger partial charge in [-0.2, -0.15) is 8.42 Å². The van der Waals surface area contributed by atoms with Crippen molar-refractivity contribution >= 4 is 16.1 Å². The van der Waals surface area contributed by atoms with Crippen molar-refractivity contribution in [3.05, 3.63) is 23.8 Å². The van der Waals surface area contributed by atoms with E-state index in [1.165, 1.54) is 13.5 Å². The summed E-state index contributed by atoms with van der Waals surface area (Å²) in [4.78, 5) is 14.7. The summed E-state index contributed by atoms with van der Waals surface area (Å²) in [6, 6.07) is 5.28. The van der Waals surface area contributed by atoms with Crippen LogP contribution in [0.4, 0.5) is 4.79 Å². The lowest BCUT2D eigenvalue weighted by molar-refractivity contribution is 0.166. The van der Waals surface area contributed by atoms with Crippen LogP contribution < -0.4 is 14.2 Å². The highest BCUT2D eigenvalue weighted by molar-refractivity contribution is 7.86. The van der Waals surface area contributed by atoms with Crippen molar-refractivity contribution in [1.82, 2.24) is 10.2 Å². The number of amides is 2. The number of carbonyl (C=O) groups is 1. The maximum atomic E-state index is 12.9. The molecule has 1 aromatic rings. The molecular formula is C20H32N2O5S. The van der Waals surface area contributed by atoms with Crippen molar-refractivity contribution in [2.45, 2.75) is 71.0 Å². The van der Waals surface area contributed by atoms with E-state index in [1.54, 1.807) is 17.0 Å². The average Bonchev–Trinajstić information content (AvgIpc) is 2.65. The molecule has 7 nitrogen and oxygen atoms in total. The van der Waals surface area contributed by atoms with Gasteiger partial charge < -0.3 is 19.1 Å². The van der Waals surface area contributed by atoms with Crippen LogP contribution in [0, 0.1) is 0 Å². The van der Waals surface area contributed by atoms with E-state index >= 15 is 0 Å². The van der Waals surface area contributed by atoms with E-state index in [2.05, 4.69) is 5.32 Å². The van der Waals surface area contributed by atoms with Crippen LogP contribution in [0.2, 0.25) is 0 Å². The minimum absolute atomic E-state index is 0.0463. The smallest absolute Gasteiger partial charge is 0.318 e. The molecule has 0 radical (unpaired) electrons. The number of ether oxygens (including phenoxy) is 1. The Morgan fingerprint density at radius 3 is 2.50 bits per heavy atom. The topological polar surface area (TPSA) is 84.9 Å². The van der Waals surface area contributed by atoms with E-state index in [-0.39, 0.29) is 23.9 Å². The standard InChI is InChI=1S/C20H32N2O5S/c1-5-15(2)22(20(23)21-17-9-7-6-8-10-17)14-16-11-12-18(26-3)19(13-16)27-28(4,24)25/h11-13,15,17H,5-10,14H2,1-4H3,(H,21,23)/t15-/m0/s1. The van der Waals surface area contributed by atoms with Crippen LogP contribution in [0.1, 0.15) is 57.9 Å². The Bertz CT molecular complexity index is 760. The van der Waals surface area contributed by atoms with Gasteiger partial charge in [-0.05, 0) is 43.9 Å². The minimum atomic E-state index is -3.68. The molecule has 0 saturated heterocycles. The Morgan fingerprint density at radius 2 is 1.93 bits per heavy atom. The third-order valence-electron chi connectivity index (χ3n) is 5.14. The molecule has 1 atom stereocenters. The van der Waals surface area contributed by atoms with Crippen LogP contribution in [0.5, 0.6) is 11.5 Å².